The van der Waals surface area contributed by atoms with Crippen LogP contribution in [-0.4, -0.2) is 48.0 Å². The summed E-state index contributed by atoms with van der Waals surface area (Å²) in [6.07, 6.45) is 4.09. The van der Waals surface area contributed by atoms with Gasteiger partial charge in [0.2, 0.25) is 5.95 Å². The summed E-state index contributed by atoms with van der Waals surface area (Å²) in [7, 11) is 4.08. The number of carbonyl (C=O) groups is 1. The van der Waals surface area contributed by atoms with Gasteiger partial charge < -0.3 is 15.5 Å². The van der Waals surface area contributed by atoms with Crippen LogP contribution in [0.15, 0.2) is 30.6 Å². The topological polar surface area (TPSA) is 70.2 Å². The lowest BCUT2D eigenvalue weighted by atomic mass is 10.1. The molecule has 6 nitrogen and oxygen atoms in total. The van der Waals surface area contributed by atoms with Crippen molar-refractivity contribution in [1.82, 2.24) is 14.9 Å². The lowest BCUT2D eigenvalue weighted by Crippen LogP contribution is -2.17. The first-order valence-corrected chi connectivity index (χ1v) is 8.04. The molecule has 0 bridgehead atoms. The number of aromatic nitrogens is 2. The van der Waals surface area contributed by atoms with E-state index in [-0.39, 0.29) is 5.91 Å². The van der Waals surface area contributed by atoms with Gasteiger partial charge in [-0.05, 0) is 64.2 Å². The van der Waals surface area contributed by atoms with Gasteiger partial charge in [-0.15, -0.1) is 0 Å². The number of aryl methyl sites for hydroxylation is 2. The van der Waals surface area contributed by atoms with Crippen LogP contribution in [0.2, 0.25) is 0 Å². The van der Waals surface area contributed by atoms with Gasteiger partial charge in [0.05, 0.1) is 5.56 Å². The van der Waals surface area contributed by atoms with Crippen LogP contribution in [0.4, 0.5) is 11.6 Å². The molecule has 6 heteroatoms. The Kier molecular flexibility index (Phi) is 6.26. The number of hydrogen-bond acceptors (Lipinski definition) is 5. The predicted molar refractivity (Wildman–Crippen MR) is 97.6 cm³/mol. The molecule has 2 aromatic rings. The van der Waals surface area contributed by atoms with E-state index in [0.29, 0.717) is 11.5 Å². The van der Waals surface area contributed by atoms with E-state index in [2.05, 4.69) is 31.6 Å². The van der Waals surface area contributed by atoms with Crippen molar-refractivity contribution < 1.29 is 4.79 Å². The summed E-state index contributed by atoms with van der Waals surface area (Å²) in [6.45, 7) is 5.81. The zero-order chi connectivity index (χ0) is 17.5. The van der Waals surface area contributed by atoms with Gasteiger partial charge in [0.15, 0.2) is 0 Å². The Morgan fingerprint density at radius 2 is 1.71 bits per heavy atom. The molecule has 0 fully saturated rings. The minimum atomic E-state index is -0.209. The SMILES string of the molecule is Cc1cc(C)cc(NC(=O)c2cnc(NCCCN(C)C)nc2)c1. The van der Waals surface area contributed by atoms with Gasteiger partial charge in [0.25, 0.3) is 5.91 Å². The summed E-state index contributed by atoms with van der Waals surface area (Å²) in [4.78, 5) is 22.8. The minimum Gasteiger partial charge on any atom is -0.354 e. The molecule has 1 amide bonds. The molecule has 2 rings (SSSR count). The van der Waals surface area contributed by atoms with Gasteiger partial charge in [-0.2, -0.15) is 0 Å². The summed E-state index contributed by atoms with van der Waals surface area (Å²) in [5.41, 5.74) is 3.44. The maximum Gasteiger partial charge on any atom is 0.258 e. The maximum absolute atomic E-state index is 12.3. The monoisotopic (exact) mass is 327 g/mol. The van der Waals surface area contributed by atoms with E-state index in [4.69, 9.17) is 0 Å². The lowest BCUT2D eigenvalue weighted by molar-refractivity contribution is 0.102. The smallest absolute Gasteiger partial charge is 0.258 e. The third kappa shape index (κ3) is 5.62. The molecule has 24 heavy (non-hydrogen) atoms. The van der Waals surface area contributed by atoms with Crippen LogP contribution in [-0.2, 0) is 0 Å². The van der Waals surface area contributed by atoms with Gasteiger partial charge >= 0.3 is 0 Å². The zero-order valence-corrected chi connectivity index (χ0v) is 14.8. The molecule has 0 aliphatic rings. The summed E-state index contributed by atoms with van der Waals surface area (Å²) in [5.74, 6) is 0.330. The van der Waals surface area contributed by atoms with Gasteiger partial charge in [0.1, 0.15) is 0 Å². The van der Waals surface area contributed by atoms with Crippen molar-refractivity contribution in [3.63, 3.8) is 0 Å². The molecule has 0 atom stereocenters. The van der Waals surface area contributed by atoms with Crippen LogP contribution in [0.25, 0.3) is 0 Å². The van der Waals surface area contributed by atoms with Crippen molar-refractivity contribution in [2.45, 2.75) is 20.3 Å². The largest absolute Gasteiger partial charge is 0.354 e. The summed E-state index contributed by atoms with van der Waals surface area (Å²) >= 11 is 0. The summed E-state index contributed by atoms with van der Waals surface area (Å²) in [6, 6.07) is 5.94. The second-order valence-electron chi connectivity index (χ2n) is 6.21. The third-order valence-electron chi connectivity index (χ3n) is 3.46. The number of rotatable bonds is 7. The molecular weight excluding hydrogens is 302 g/mol. The molecule has 128 valence electrons. The summed E-state index contributed by atoms with van der Waals surface area (Å²) < 4.78 is 0. The lowest BCUT2D eigenvalue weighted by Gasteiger charge is -2.10. The highest BCUT2D eigenvalue weighted by Crippen LogP contribution is 2.14. The van der Waals surface area contributed by atoms with Crippen molar-refractivity contribution in [3.8, 4) is 0 Å². The molecule has 0 unspecified atom stereocenters. The van der Waals surface area contributed by atoms with E-state index in [9.17, 15) is 4.79 Å². The highest BCUT2D eigenvalue weighted by molar-refractivity contribution is 6.04. The number of benzene rings is 1. The molecule has 0 aliphatic carbocycles. The molecule has 2 N–H and O–H groups in total. The Bertz CT molecular complexity index is 662. The van der Waals surface area contributed by atoms with Crippen molar-refractivity contribution in [2.24, 2.45) is 0 Å². The van der Waals surface area contributed by atoms with Crippen LogP contribution >= 0.6 is 0 Å². The van der Waals surface area contributed by atoms with Gasteiger partial charge in [-0.1, -0.05) is 6.07 Å². The van der Waals surface area contributed by atoms with Crippen molar-refractivity contribution in [1.29, 1.82) is 0 Å². The molecule has 0 spiro atoms. The molecule has 1 aromatic carbocycles. The second-order valence-corrected chi connectivity index (χ2v) is 6.21. The van der Waals surface area contributed by atoms with E-state index < -0.39 is 0 Å². The van der Waals surface area contributed by atoms with E-state index in [0.717, 1.165) is 36.3 Å². The maximum atomic E-state index is 12.3. The van der Waals surface area contributed by atoms with Crippen LogP contribution in [0.3, 0.4) is 0 Å². The van der Waals surface area contributed by atoms with Gasteiger partial charge in [-0.25, -0.2) is 9.97 Å². The molecule has 0 saturated heterocycles. The summed E-state index contributed by atoms with van der Waals surface area (Å²) in [5, 5.41) is 6.03. The number of carbonyl (C=O) groups excluding carboxylic acids is 1. The van der Waals surface area contributed by atoms with E-state index >= 15 is 0 Å². The minimum absolute atomic E-state index is 0.209. The third-order valence-corrected chi connectivity index (χ3v) is 3.46. The van der Waals surface area contributed by atoms with Crippen LogP contribution in [0.5, 0.6) is 0 Å². The standard InChI is InChI=1S/C18H25N5O/c1-13-8-14(2)10-16(9-13)22-17(24)15-11-20-18(21-12-15)19-6-5-7-23(3)4/h8-12H,5-7H2,1-4H3,(H,22,24)(H,19,20,21). The average Bonchev–Trinajstić information content (AvgIpc) is 2.51. The van der Waals surface area contributed by atoms with E-state index in [1.807, 2.05) is 40.1 Å². The average molecular weight is 327 g/mol. The number of amides is 1. The first kappa shape index (κ1) is 17.9. The molecular formula is C18H25N5O. The fourth-order valence-electron chi connectivity index (χ4n) is 2.38. The Labute approximate surface area is 143 Å². The predicted octanol–water partition coefficient (Wildman–Crippen LogP) is 2.71. The van der Waals surface area contributed by atoms with E-state index in [1.54, 1.807) is 12.4 Å². The van der Waals surface area contributed by atoms with E-state index in [1.165, 1.54) is 0 Å². The van der Waals surface area contributed by atoms with Gasteiger partial charge in [-0.3, -0.25) is 4.79 Å². The number of hydrogen-bond donors (Lipinski definition) is 2. The fourth-order valence-corrected chi connectivity index (χ4v) is 2.38. The number of nitrogens with one attached hydrogen (secondary N) is 2. The number of anilines is 2. The quantitative estimate of drug-likeness (QED) is 0.765. The Balaban J connectivity index is 1.91. The first-order chi connectivity index (χ1) is 11.4. The molecule has 0 aliphatic heterocycles. The highest BCUT2D eigenvalue weighted by Gasteiger charge is 2.08. The van der Waals surface area contributed by atoms with Crippen molar-refractivity contribution in [2.75, 3.05) is 37.8 Å². The molecule has 1 heterocycles. The Hall–Kier alpha value is -2.47. The van der Waals surface area contributed by atoms with Gasteiger partial charge in [0, 0.05) is 24.6 Å². The first-order valence-electron chi connectivity index (χ1n) is 8.04. The second kappa shape index (κ2) is 8.40. The van der Waals surface area contributed by atoms with Crippen LogP contribution in [0, 0.1) is 13.8 Å². The van der Waals surface area contributed by atoms with Crippen LogP contribution in [0.1, 0.15) is 27.9 Å². The fraction of sp³-hybridized carbons (Fsp3) is 0.389. The molecule has 1 aromatic heterocycles. The zero-order valence-electron chi connectivity index (χ0n) is 14.8. The Morgan fingerprint density at radius 1 is 1.08 bits per heavy atom. The van der Waals surface area contributed by atoms with Crippen molar-refractivity contribution in [3.05, 3.63) is 47.3 Å². The van der Waals surface area contributed by atoms with Crippen molar-refractivity contribution >= 4 is 17.5 Å². The Morgan fingerprint density at radius 3 is 2.29 bits per heavy atom. The highest BCUT2D eigenvalue weighted by atomic mass is 16.1. The number of nitrogens with zero attached hydrogens (tertiary/aromatic N) is 3. The van der Waals surface area contributed by atoms with Crippen LogP contribution < -0.4 is 10.6 Å². The molecule has 0 radical (unpaired) electrons. The normalized spacial score (nSPS) is 10.7. The molecule has 0 saturated carbocycles.